The van der Waals surface area contributed by atoms with Crippen LogP contribution in [0.25, 0.3) is 0 Å². The molecule has 1 heterocycles. The number of hydrogen-bond donors (Lipinski definition) is 1. The molecule has 112 valence electrons. The minimum Gasteiger partial charge on any atom is -0.348 e. The van der Waals surface area contributed by atoms with Crippen LogP contribution in [0.15, 0.2) is 24.4 Å². The van der Waals surface area contributed by atoms with E-state index in [1.165, 1.54) is 10.9 Å². The van der Waals surface area contributed by atoms with E-state index in [-0.39, 0.29) is 5.56 Å². The summed E-state index contributed by atoms with van der Waals surface area (Å²) in [5, 5.41) is 6.82. The molecular weight excluding hydrogens is 293 g/mol. The van der Waals surface area contributed by atoms with Crippen molar-refractivity contribution < 1.29 is 9.18 Å². The van der Waals surface area contributed by atoms with E-state index in [4.69, 9.17) is 11.6 Å². The second-order valence-corrected chi connectivity index (χ2v) is 5.62. The summed E-state index contributed by atoms with van der Waals surface area (Å²) in [6.07, 6.45) is 1.35. The van der Waals surface area contributed by atoms with Gasteiger partial charge in [-0.15, -0.1) is 5.10 Å². The van der Waals surface area contributed by atoms with Gasteiger partial charge in [0.1, 0.15) is 5.56 Å². The number of carbonyl (C=O) groups excluding carboxylic acids is 1. The monoisotopic (exact) mass is 309 g/mol. The number of amides is 1. The molecule has 1 amide bonds. The molecule has 0 bridgehead atoms. The quantitative estimate of drug-likeness (QED) is 0.942. The van der Waals surface area contributed by atoms with Crippen LogP contribution in [-0.2, 0) is 13.6 Å². The van der Waals surface area contributed by atoms with Gasteiger partial charge in [0, 0.05) is 24.8 Å². The minimum absolute atomic E-state index is 0.0642. The number of aryl methyl sites for hydroxylation is 1. The third kappa shape index (κ3) is 3.61. The molecular formula is C15H17ClFN3O. The van der Waals surface area contributed by atoms with E-state index in [1.54, 1.807) is 7.05 Å². The van der Waals surface area contributed by atoms with Gasteiger partial charge in [-0.25, -0.2) is 0 Å². The molecule has 0 aliphatic carbocycles. The second-order valence-electron chi connectivity index (χ2n) is 5.19. The van der Waals surface area contributed by atoms with E-state index in [1.807, 2.05) is 18.2 Å². The number of aromatic nitrogens is 2. The SMILES string of the molecule is CC(C)c1ccc(Cl)cc1CNC(=O)c1cn(C)nc1F. The molecule has 0 fully saturated rings. The molecule has 0 spiro atoms. The van der Waals surface area contributed by atoms with Crippen molar-refractivity contribution in [2.24, 2.45) is 7.05 Å². The summed E-state index contributed by atoms with van der Waals surface area (Å²) < 4.78 is 14.7. The molecule has 0 unspecified atom stereocenters. The van der Waals surface area contributed by atoms with Gasteiger partial charge in [-0.05, 0) is 29.2 Å². The first-order chi connectivity index (χ1) is 9.88. The Kier molecular flexibility index (Phi) is 4.63. The van der Waals surface area contributed by atoms with Gasteiger partial charge in [0.15, 0.2) is 0 Å². The molecule has 0 saturated carbocycles. The third-order valence-corrected chi connectivity index (χ3v) is 3.43. The molecule has 2 rings (SSSR count). The second kappa shape index (κ2) is 6.26. The van der Waals surface area contributed by atoms with E-state index in [0.717, 1.165) is 11.1 Å². The largest absolute Gasteiger partial charge is 0.348 e. The van der Waals surface area contributed by atoms with Gasteiger partial charge in [-0.1, -0.05) is 31.5 Å². The van der Waals surface area contributed by atoms with Crippen LogP contribution in [0.5, 0.6) is 0 Å². The fraction of sp³-hybridized carbons (Fsp3) is 0.333. The lowest BCUT2D eigenvalue weighted by atomic mass is 9.97. The smallest absolute Gasteiger partial charge is 0.257 e. The van der Waals surface area contributed by atoms with Crippen LogP contribution >= 0.6 is 11.6 Å². The Labute approximate surface area is 127 Å². The van der Waals surface area contributed by atoms with Crippen LogP contribution in [0.4, 0.5) is 4.39 Å². The number of carbonyl (C=O) groups is 1. The van der Waals surface area contributed by atoms with Gasteiger partial charge in [0.05, 0.1) is 0 Å². The first kappa shape index (κ1) is 15.5. The average Bonchev–Trinajstić information content (AvgIpc) is 2.74. The van der Waals surface area contributed by atoms with Crippen LogP contribution in [0.1, 0.15) is 41.3 Å². The lowest BCUT2D eigenvalue weighted by Crippen LogP contribution is -2.24. The number of nitrogens with zero attached hydrogens (tertiary/aromatic N) is 2. The highest BCUT2D eigenvalue weighted by Gasteiger charge is 2.16. The van der Waals surface area contributed by atoms with Crippen molar-refractivity contribution in [3.63, 3.8) is 0 Å². The van der Waals surface area contributed by atoms with Crippen molar-refractivity contribution in [2.45, 2.75) is 26.3 Å². The molecule has 6 heteroatoms. The van der Waals surface area contributed by atoms with E-state index in [9.17, 15) is 9.18 Å². The summed E-state index contributed by atoms with van der Waals surface area (Å²) in [5.74, 6) is -0.954. The highest BCUT2D eigenvalue weighted by molar-refractivity contribution is 6.30. The predicted molar refractivity (Wildman–Crippen MR) is 79.9 cm³/mol. The fourth-order valence-electron chi connectivity index (χ4n) is 2.18. The van der Waals surface area contributed by atoms with Crippen molar-refractivity contribution in [1.82, 2.24) is 15.1 Å². The van der Waals surface area contributed by atoms with Crippen LogP contribution in [0.3, 0.4) is 0 Å². The Morgan fingerprint density at radius 1 is 1.48 bits per heavy atom. The van der Waals surface area contributed by atoms with Gasteiger partial charge in [-0.3, -0.25) is 9.48 Å². The van der Waals surface area contributed by atoms with Crippen LogP contribution in [0.2, 0.25) is 5.02 Å². The van der Waals surface area contributed by atoms with Gasteiger partial charge in [0.2, 0.25) is 5.95 Å². The summed E-state index contributed by atoms with van der Waals surface area (Å²) in [7, 11) is 1.56. The van der Waals surface area contributed by atoms with E-state index >= 15 is 0 Å². The molecule has 21 heavy (non-hydrogen) atoms. The number of nitrogens with one attached hydrogen (secondary N) is 1. The third-order valence-electron chi connectivity index (χ3n) is 3.19. The normalized spacial score (nSPS) is 11.0. The van der Waals surface area contributed by atoms with E-state index in [2.05, 4.69) is 24.3 Å². The molecule has 0 radical (unpaired) electrons. The zero-order valence-electron chi connectivity index (χ0n) is 12.2. The molecule has 0 saturated heterocycles. The van der Waals surface area contributed by atoms with Gasteiger partial charge >= 0.3 is 0 Å². The molecule has 1 aromatic carbocycles. The van der Waals surface area contributed by atoms with Crippen molar-refractivity contribution in [3.05, 3.63) is 52.1 Å². The molecule has 0 aliphatic heterocycles. The maximum Gasteiger partial charge on any atom is 0.257 e. The maximum atomic E-state index is 13.4. The average molecular weight is 310 g/mol. The van der Waals surface area contributed by atoms with Crippen LogP contribution in [-0.4, -0.2) is 15.7 Å². The molecule has 1 aromatic heterocycles. The summed E-state index contributed by atoms with van der Waals surface area (Å²) in [6, 6.07) is 5.58. The van der Waals surface area contributed by atoms with Crippen LogP contribution < -0.4 is 5.32 Å². The highest BCUT2D eigenvalue weighted by atomic mass is 35.5. The van der Waals surface area contributed by atoms with Crippen molar-refractivity contribution >= 4 is 17.5 Å². The predicted octanol–water partition coefficient (Wildman–Crippen LogP) is 3.27. The number of benzene rings is 1. The van der Waals surface area contributed by atoms with Crippen LogP contribution in [0, 0.1) is 5.95 Å². The summed E-state index contributed by atoms with van der Waals surface area (Å²) in [5.41, 5.74) is 1.96. The molecule has 4 nitrogen and oxygen atoms in total. The zero-order chi connectivity index (χ0) is 15.6. The summed E-state index contributed by atoms with van der Waals surface area (Å²) in [6.45, 7) is 4.42. The molecule has 0 aliphatic rings. The fourth-order valence-corrected chi connectivity index (χ4v) is 2.37. The zero-order valence-corrected chi connectivity index (χ0v) is 12.9. The van der Waals surface area contributed by atoms with Crippen molar-refractivity contribution in [1.29, 1.82) is 0 Å². The number of halogens is 2. The topological polar surface area (TPSA) is 46.9 Å². The van der Waals surface area contributed by atoms with E-state index < -0.39 is 11.9 Å². The Morgan fingerprint density at radius 3 is 2.76 bits per heavy atom. The molecule has 2 aromatic rings. The maximum absolute atomic E-state index is 13.4. The summed E-state index contributed by atoms with van der Waals surface area (Å²) in [4.78, 5) is 12.0. The summed E-state index contributed by atoms with van der Waals surface area (Å²) >= 11 is 6.00. The number of rotatable bonds is 4. The van der Waals surface area contributed by atoms with Crippen molar-refractivity contribution in [3.8, 4) is 0 Å². The van der Waals surface area contributed by atoms with Crippen molar-refractivity contribution in [2.75, 3.05) is 0 Å². The lowest BCUT2D eigenvalue weighted by Gasteiger charge is -2.13. The minimum atomic E-state index is -0.773. The molecule has 1 N–H and O–H groups in total. The Balaban J connectivity index is 2.14. The first-order valence-electron chi connectivity index (χ1n) is 6.64. The first-order valence-corrected chi connectivity index (χ1v) is 7.02. The number of hydrogen-bond acceptors (Lipinski definition) is 2. The standard InChI is InChI=1S/C15H17ClFN3O/c1-9(2)12-5-4-11(16)6-10(12)7-18-15(21)13-8-20(3)19-14(13)17/h4-6,8-9H,7H2,1-3H3,(H,18,21). The lowest BCUT2D eigenvalue weighted by molar-refractivity contribution is 0.0946. The van der Waals surface area contributed by atoms with Gasteiger partial charge in [0.25, 0.3) is 5.91 Å². The van der Waals surface area contributed by atoms with Gasteiger partial charge in [-0.2, -0.15) is 4.39 Å². The Morgan fingerprint density at radius 2 is 2.19 bits per heavy atom. The van der Waals surface area contributed by atoms with Gasteiger partial charge < -0.3 is 5.32 Å². The Hall–Kier alpha value is -1.88. The highest BCUT2D eigenvalue weighted by Crippen LogP contribution is 2.23. The Bertz CT molecular complexity index is 667. The molecule has 0 atom stereocenters. The van der Waals surface area contributed by atoms with E-state index in [0.29, 0.717) is 17.5 Å².